The van der Waals surface area contributed by atoms with Crippen molar-refractivity contribution in [2.75, 3.05) is 24.5 Å². The lowest BCUT2D eigenvalue weighted by atomic mass is 10.0. The van der Waals surface area contributed by atoms with Gasteiger partial charge in [-0.15, -0.1) is 11.3 Å². The van der Waals surface area contributed by atoms with Crippen LogP contribution in [0.4, 0.5) is 5.95 Å². The van der Waals surface area contributed by atoms with E-state index in [1.807, 2.05) is 29.8 Å². The van der Waals surface area contributed by atoms with Crippen LogP contribution in [0, 0.1) is 0 Å². The van der Waals surface area contributed by atoms with E-state index >= 15 is 0 Å². The summed E-state index contributed by atoms with van der Waals surface area (Å²) >= 11 is 1.91. The van der Waals surface area contributed by atoms with Gasteiger partial charge in [0.1, 0.15) is 0 Å². The first-order chi connectivity index (χ1) is 9.40. The zero-order chi connectivity index (χ0) is 12.7. The minimum absolute atomic E-state index is 0.664. The molecule has 0 bridgehead atoms. The van der Waals surface area contributed by atoms with Crippen LogP contribution in [0.1, 0.15) is 10.4 Å². The van der Waals surface area contributed by atoms with Gasteiger partial charge in [0.25, 0.3) is 0 Å². The molecule has 2 aromatic rings. The summed E-state index contributed by atoms with van der Waals surface area (Å²) in [4.78, 5) is 15.1. The van der Waals surface area contributed by atoms with Crippen LogP contribution < -0.4 is 4.90 Å². The smallest absolute Gasteiger partial charge is 0.225 e. The summed E-state index contributed by atoms with van der Waals surface area (Å²) in [5.74, 6) is 0.868. The molecule has 4 nitrogen and oxygen atoms in total. The lowest BCUT2D eigenvalue weighted by molar-refractivity contribution is 0.150. The zero-order valence-corrected chi connectivity index (χ0v) is 11.5. The van der Waals surface area contributed by atoms with Crippen LogP contribution >= 0.6 is 11.3 Å². The maximum Gasteiger partial charge on any atom is 0.225 e. The van der Waals surface area contributed by atoms with E-state index in [0.29, 0.717) is 6.04 Å². The Morgan fingerprint density at radius 3 is 2.89 bits per heavy atom. The Kier molecular flexibility index (Phi) is 2.74. The number of anilines is 1. The quantitative estimate of drug-likeness (QED) is 0.834. The Labute approximate surface area is 116 Å². The fourth-order valence-corrected chi connectivity index (χ4v) is 3.78. The maximum atomic E-state index is 4.31. The SMILES string of the molecule is c1cnc(N2CC(N3CCc4sccc4C3)C2)nc1. The van der Waals surface area contributed by atoms with Crippen LogP contribution in [0.15, 0.2) is 29.9 Å². The average molecular weight is 272 g/mol. The van der Waals surface area contributed by atoms with E-state index < -0.39 is 0 Å². The number of hydrogen-bond donors (Lipinski definition) is 0. The summed E-state index contributed by atoms with van der Waals surface area (Å²) in [7, 11) is 0. The van der Waals surface area contributed by atoms with E-state index in [-0.39, 0.29) is 0 Å². The Balaban J connectivity index is 1.40. The summed E-state index contributed by atoms with van der Waals surface area (Å²) in [6.07, 6.45) is 4.84. The minimum Gasteiger partial charge on any atom is -0.338 e. The van der Waals surface area contributed by atoms with E-state index in [1.54, 1.807) is 4.88 Å². The summed E-state index contributed by atoms with van der Waals surface area (Å²) < 4.78 is 0. The molecule has 98 valence electrons. The van der Waals surface area contributed by atoms with Crippen LogP contribution in [-0.2, 0) is 13.0 Å². The Morgan fingerprint density at radius 2 is 2.05 bits per heavy atom. The molecular weight excluding hydrogens is 256 g/mol. The van der Waals surface area contributed by atoms with Gasteiger partial charge in [-0.25, -0.2) is 9.97 Å². The highest BCUT2D eigenvalue weighted by atomic mass is 32.1. The minimum atomic E-state index is 0.664. The predicted molar refractivity (Wildman–Crippen MR) is 76.5 cm³/mol. The molecule has 0 spiro atoms. The van der Waals surface area contributed by atoms with Crippen molar-refractivity contribution in [1.29, 1.82) is 0 Å². The molecule has 0 N–H and O–H groups in total. The van der Waals surface area contributed by atoms with E-state index in [9.17, 15) is 0 Å². The van der Waals surface area contributed by atoms with E-state index in [1.165, 1.54) is 18.5 Å². The molecule has 1 saturated heterocycles. The predicted octanol–water partition coefficient (Wildman–Crippen LogP) is 1.79. The normalized spacial score (nSPS) is 20.1. The number of aromatic nitrogens is 2. The first kappa shape index (κ1) is 11.4. The molecule has 0 aliphatic carbocycles. The van der Waals surface area contributed by atoms with Gasteiger partial charge >= 0.3 is 0 Å². The molecule has 4 rings (SSSR count). The van der Waals surface area contributed by atoms with Crippen molar-refractivity contribution in [3.8, 4) is 0 Å². The van der Waals surface area contributed by atoms with Gasteiger partial charge in [0.05, 0.1) is 0 Å². The maximum absolute atomic E-state index is 4.31. The Bertz CT molecular complexity index is 562. The highest BCUT2D eigenvalue weighted by Gasteiger charge is 2.34. The summed E-state index contributed by atoms with van der Waals surface area (Å²) in [5, 5.41) is 2.22. The second kappa shape index (κ2) is 4.58. The standard InChI is InChI=1S/C14H16N4S/c1-4-15-14(16-5-1)18-9-12(10-18)17-6-2-13-11(8-17)3-7-19-13/h1,3-5,7,12H,2,6,8-10H2. The third-order valence-electron chi connectivity index (χ3n) is 4.05. The first-order valence-corrected chi connectivity index (χ1v) is 7.59. The molecule has 0 unspecified atom stereocenters. The lowest BCUT2D eigenvalue weighted by Gasteiger charge is -2.46. The van der Waals surface area contributed by atoms with Gasteiger partial charge in [0.2, 0.25) is 5.95 Å². The number of thiophene rings is 1. The first-order valence-electron chi connectivity index (χ1n) is 6.71. The third kappa shape index (κ3) is 2.03. The Hall–Kier alpha value is -1.46. The second-order valence-corrected chi connectivity index (χ2v) is 6.20. The van der Waals surface area contributed by atoms with Gasteiger partial charge in [0.15, 0.2) is 0 Å². The fraction of sp³-hybridized carbons (Fsp3) is 0.429. The summed E-state index contributed by atoms with van der Waals surface area (Å²) in [5.41, 5.74) is 1.53. The molecule has 2 aliphatic heterocycles. The Morgan fingerprint density at radius 1 is 1.21 bits per heavy atom. The van der Waals surface area contributed by atoms with E-state index in [4.69, 9.17) is 0 Å². The van der Waals surface area contributed by atoms with Gasteiger partial charge in [-0.05, 0) is 29.5 Å². The number of fused-ring (bicyclic) bond motifs is 1. The van der Waals surface area contributed by atoms with Gasteiger partial charge < -0.3 is 4.90 Å². The molecule has 5 heteroatoms. The molecule has 0 amide bonds. The van der Waals surface area contributed by atoms with Crippen LogP contribution in [0.2, 0.25) is 0 Å². The van der Waals surface area contributed by atoms with Crippen molar-refractivity contribution >= 4 is 17.3 Å². The van der Waals surface area contributed by atoms with Crippen LogP contribution in [0.5, 0.6) is 0 Å². The van der Waals surface area contributed by atoms with Gasteiger partial charge in [-0.1, -0.05) is 0 Å². The van der Waals surface area contributed by atoms with Crippen molar-refractivity contribution in [3.05, 3.63) is 40.3 Å². The van der Waals surface area contributed by atoms with Crippen molar-refractivity contribution in [2.24, 2.45) is 0 Å². The molecule has 2 aliphatic rings. The number of rotatable bonds is 2. The highest BCUT2D eigenvalue weighted by Crippen LogP contribution is 2.28. The summed E-state index contributed by atoms with van der Waals surface area (Å²) in [6.45, 7) is 4.43. The molecule has 0 aromatic carbocycles. The molecule has 0 radical (unpaired) electrons. The van der Waals surface area contributed by atoms with Gasteiger partial charge in [0, 0.05) is 49.5 Å². The van der Waals surface area contributed by atoms with Crippen LogP contribution in [0.3, 0.4) is 0 Å². The highest BCUT2D eigenvalue weighted by molar-refractivity contribution is 7.10. The van der Waals surface area contributed by atoms with E-state index in [2.05, 4.69) is 31.2 Å². The molecule has 2 aromatic heterocycles. The number of nitrogens with zero attached hydrogens (tertiary/aromatic N) is 4. The van der Waals surface area contributed by atoms with Crippen molar-refractivity contribution in [3.63, 3.8) is 0 Å². The topological polar surface area (TPSA) is 32.3 Å². The zero-order valence-electron chi connectivity index (χ0n) is 10.7. The van der Waals surface area contributed by atoms with Crippen molar-refractivity contribution < 1.29 is 0 Å². The van der Waals surface area contributed by atoms with Gasteiger partial charge in [-0.3, -0.25) is 4.90 Å². The summed E-state index contributed by atoms with van der Waals surface area (Å²) in [6, 6.07) is 4.81. The molecule has 4 heterocycles. The van der Waals surface area contributed by atoms with Gasteiger partial charge in [-0.2, -0.15) is 0 Å². The molecule has 1 fully saturated rings. The third-order valence-corrected chi connectivity index (χ3v) is 5.07. The van der Waals surface area contributed by atoms with Crippen LogP contribution in [-0.4, -0.2) is 40.5 Å². The molecule has 0 saturated carbocycles. The van der Waals surface area contributed by atoms with Crippen molar-refractivity contribution in [2.45, 2.75) is 19.0 Å². The molecule has 19 heavy (non-hydrogen) atoms. The fourth-order valence-electron chi connectivity index (χ4n) is 2.89. The lowest BCUT2D eigenvalue weighted by Crippen LogP contribution is -2.60. The van der Waals surface area contributed by atoms with E-state index in [0.717, 1.165) is 25.6 Å². The molecular formula is C14H16N4S. The van der Waals surface area contributed by atoms with Crippen molar-refractivity contribution in [1.82, 2.24) is 14.9 Å². The average Bonchev–Trinajstić information content (AvgIpc) is 2.86. The molecule has 0 atom stereocenters. The largest absolute Gasteiger partial charge is 0.338 e. The van der Waals surface area contributed by atoms with Crippen LogP contribution in [0.25, 0.3) is 0 Å². The number of hydrogen-bond acceptors (Lipinski definition) is 5. The monoisotopic (exact) mass is 272 g/mol. The second-order valence-electron chi connectivity index (χ2n) is 5.20.